The Labute approximate surface area is 118 Å². The molecule has 0 saturated heterocycles. The molecular formula is C16H19N3O. The fourth-order valence-electron chi connectivity index (χ4n) is 2.29. The minimum atomic E-state index is 0.221. The van der Waals surface area contributed by atoms with Gasteiger partial charge in [-0.1, -0.05) is 30.3 Å². The maximum absolute atomic E-state index is 11.5. The minimum Gasteiger partial charge on any atom is -0.356 e. The Bertz CT molecular complexity index is 572. The van der Waals surface area contributed by atoms with Crippen molar-refractivity contribution in [2.45, 2.75) is 25.8 Å². The highest BCUT2D eigenvalue weighted by molar-refractivity contribution is 5.80. The first-order chi connectivity index (χ1) is 9.84. The molecular weight excluding hydrogens is 250 g/mol. The van der Waals surface area contributed by atoms with E-state index in [-0.39, 0.29) is 5.91 Å². The molecule has 1 amide bonds. The van der Waals surface area contributed by atoms with E-state index in [2.05, 4.69) is 27.0 Å². The van der Waals surface area contributed by atoms with Crippen molar-refractivity contribution in [3.63, 3.8) is 0 Å². The number of benzene rings is 1. The summed E-state index contributed by atoms with van der Waals surface area (Å²) in [4.78, 5) is 15.9. The monoisotopic (exact) mass is 269 g/mol. The standard InChI is InChI=1S/C16H19N3O/c20-16(14-7-8-14)18-9-4-11-19-12-10-17-15(19)13-5-2-1-3-6-13/h1-3,5-6,10,12,14H,4,7-9,11H2,(H,18,20). The van der Waals surface area contributed by atoms with E-state index in [0.717, 1.165) is 43.7 Å². The van der Waals surface area contributed by atoms with Gasteiger partial charge in [-0.2, -0.15) is 0 Å². The summed E-state index contributed by atoms with van der Waals surface area (Å²) in [5.74, 6) is 1.50. The van der Waals surface area contributed by atoms with Crippen LogP contribution in [0.3, 0.4) is 0 Å². The molecule has 1 aromatic carbocycles. The second-order valence-corrected chi connectivity index (χ2v) is 5.23. The molecule has 0 unspecified atom stereocenters. The van der Waals surface area contributed by atoms with Gasteiger partial charge in [0.1, 0.15) is 5.82 Å². The van der Waals surface area contributed by atoms with Crippen molar-refractivity contribution in [3.8, 4) is 11.4 Å². The molecule has 4 nitrogen and oxygen atoms in total. The van der Waals surface area contributed by atoms with Gasteiger partial charge in [-0.3, -0.25) is 4.79 Å². The summed E-state index contributed by atoms with van der Waals surface area (Å²) >= 11 is 0. The summed E-state index contributed by atoms with van der Waals surface area (Å²) in [7, 11) is 0. The Kier molecular flexibility index (Phi) is 3.81. The van der Waals surface area contributed by atoms with E-state index in [9.17, 15) is 4.79 Å². The highest BCUT2D eigenvalue weighted by Gasteiger charge is 2.28. The third-order valence-corrected chi connectivity index (χ3v) is 3.57. The Balaban J connectivity index is 1.53. The first-order valence-corrected chi connectivity index (χ1v) is 7.19. The molecule has 104 valence electrons. The van der Waals surface area contributed by atoms with Gasteiger partial charge in [0, 0.05) is 37.0 Å². The number of carbonyl (C=O) groups is 1. The smallest absolute Gasteiger partial charge is 0.223 e. The lowest BCUT2D eigenvalue weighted by molar-refractivity contribution is -0.122. The molecule has 1 aromatic heterocycles. The number of aryl methyl sites for hydroxylation is 1. The van der Waals surface area contributed by atoms with Gasteiger partial charge < -0.3 is 9.88 Å². The summed E-state index contributed by atoms with van der Waals surface area (Å²) < 4.78 is 2.14. The van der Waals surface area contributed by atoms with E-state index in [1.807, 2.05) is 30.6 Å². The summed E-state index contributed by atoms with van der Waals surface area (Å²) in [5, 5.41) is 2.99. The molecule has 2 aromatic rings. The van der Waals surface area contributed by atoms with Crippen molar-refractivity contribution in [2.24, 2.45) is 5.92 Å². The van der Waals surface area contributed by atoms with Crippen LogP contribution in [-0.4, -0.2) is 22.0 Å². The number of imidazole rings is 1. The van der Waals surface area contributed by atoms with Gasteiger partial charge >= 0.3 is 0 Å². The molecule has 1 aliphatic carbocycles. The number of nitrogens with one attached hydrogen (secondary N) is 1. The molecule has 1 fully saturated rings. The van der Waals surface area contributed by atoms with Crippen LogP contribution < -0.4 is 5.32 Å². The summed E-state index contributed by atoms with van der Waals surface area (Å²) in [6.45, 7) is 1.61. The summed E-state index contributed by atoms with van der Waals surface area (Å²) in [6.07, 6.45) is 6.86. The largest absolute Gasteiger partial charge is 0.356 e. The molecule has 20 heavy (non-hydrogen) atoms. The zero-order valence-corrected chi connectivity index (χ0v) is 11.5. The van der Waals surface area contributed by atoms with Gasteiger partial charge in [0.25, 0.3) is 0 Å². The lowest BCUT2D eigenvalue weighted by Crippen LogP contribution is -2.26. The van der Waals surface area contributed by atoms with E-state index in [0.29, 0.717) is 5.92 Å². The molecule has 1 heterocycles. The van der Waals surface area contributed by atoms with Crippen LogP contribution in [0.1, 0.15) is 19.3 Å². The third-order valence-electron chi connectivity index (χ3n) is 3.57. The lowest BCUT2D eigenvalue weighted by Gasteiger charge is -2.08. The predicted molar refractivity (Wildman–Crippen MR) is 78.0 cm³/mol. The lowest BCUT2D eigenvalue weighted by atomic mass is 10.2. The van der Waals surface area contributed by atoms with Crippen molar-refractivity contribution in [3.05, 3.63) is 42.7 Å². The van der Waals surface area contributed by atoms with E-state index in [1.165, 1.54) is 0 Å². The van der Waals surface area contributed by atoms with Crippen LogP contribution in [0.25, 0.3) is 11.4 Å². The van der Waals surface area contributed by atoms with E-state index in [1.54, 1.807) is 0 Å². The van der Waals surface area contributed by atoms with Gasteiger partial charge in [0.15, 0.2) is 0 Å². The number of amides is 1. The van der Waals surface area contributed by atoms with Crippen LogP contribution in [0, 0.1) is 5.92 Å². The van der Waals surface area contributed by atoms with Gasteiger partial charge in [-0.05, 0) is 19.3 Å². The van der Waals surface area contributed by atoms with Crippen LogP contribution in [-0.2, 0) is 11.3 Å². The quantitative estimate of drug-likeness (QED) is 0.819. The van der Waals surface area contributed by atoms with Crippen LogP contribution in [0.4, 0.5) is 0 Å². The van der Waals surface area contributed by atoms with E-state index in [4.69, 9.17) is 0 Å². The van der Waals surface area contributed by atoms with Crippen molar-refractivity contribution < 1.29 is 4.79 Å². The number of nitrogens with zero attached hydrogens (tertiary/aromatic N) is 2. The summed E-state index contributed by atoms with van der Waals surface area (Å²) in [6, 6.07) is 10.2. The van der Waals surface area contributed by atoms with Gasteiger partial charge in [-0.15, -0.1) is 0 Å². The van der Waals surface area contributed by atoms with Crippen molar-refractivity contribution in [2.75, 3.05) is 6.54 Å². The maximum atomic E-state index is 11.5. The highest BCUT2D eigenvalue weighted by atomic mass is 16.2. The number of rotatable bonds is 6. The van der Waals surface area contributed by atoms with Crippen LogP contribution in [0.15, 0.2) is 42.7 Å². The van der Waals surface area contributed by atoms with Crippen molar-refractivity contribution >= 4 is 5.91 Å². The Morgan fingerprint density at radius 1 is 1.30 bits per heavy atom. The number of hydrogen-bond donors (Lipinski definition) is 1. The number of aromatic nitrogens is 2. The summed E-state index contributed by atoms with van der Waals surface area (Å²) in [5.41, 5.74) is 1.12. The van der Waals surface area contributed by atoms with Gasteiger partial charge in [-0.25, -0.2) is 4.98 Å². The molecule has 0 atom stereocenters. The van der Waals surface area contributed by atoms with Crippen molar-refractivity contribution in [1.82, 2.24) is 14.9 Å². The zero-order chi connectivity index (χ0) is 13.8. The molecule has 1 aliphatic rings. The molecule has 0 bridgehead atoms. The van der Waals surface area contributed by atoms with Gasteiger partial charge in [0.05, 0.1) is 0 Å². The fourth-order valence-corrected chi connectivity index (χ4v) is 2.29. The van der Waals surface area contributed by atoms with Crippen LogP contribution in [0.5, 0.6) is 0 Å². The molecule has 0 spiro atoms. The zero-order valence-electron chi connectivity index (χ0n) is 11.5. The molecule has 1 saturated carbocycles. The molecule has 0 radical (unpaired) electrons. The molecule has 0 aliphatic heterocycles. The first kappa shape index (κ1) is 12.9. The Morgan fingerprint density at radius 3 is 2.85 bits per heavy atom. The van der Waals surface area contributed by atoms with Crippen molar-refractivity contribution in [1.29, 1.82) is 0 Å². The second kappa shape index (κ2) is 5.90. The SMILES string of the molecule is O=C(NCCCn1ccnc1-c1ccccc1)C1CC1. The highest BCUT2D eigenvalue weighted by Crippen LogP contribution is 2.28. The van der Waals surface area contributed by atoms with Gasteiger partial charge in [0.2, 0.25) is 5.91 Å². The molecule has 3 rings (SSSR count). The minimum absolute atomic E-state index is 0.221. The first-order valence-electron chi connectivity index (χ1n) is 7.19. The predicted octanol–water partition coefficient (Wildman–Crippen LogP) is 2.47. The second-order valence-electron chi connectivity index (χ2n) is 5.23. The van der Waals surface area contributed by atoms with E-state index < -0.39 is 0 Å². The average molecular weight is 269 g/mol. The van der Waals surface area contributed by atoms with Crippen LogP contribution in [0.2, 0.25) is 0 Å². The number of hydrogen-bond acceptors (Lipinski definition) is 2. The fraction of sp³-hybridized carbons (Fsp3) is 0.375. The maximum Gasteiger partial charge on any atom is 0.223 e. The Hall–Kier alpha value is -2.10. The number of carbonyl (C=O) groups excluding carboxylic acids is 1. The Morgan fingerprint density at radius 2 is 2.10 bits per heavy atom. The van der Waals surface area contributed by atoms with Crippen LogP contribution >= 0.6 is 0 Å². The topological polar surface area (TPSA) is 46.9 Å². The third kappa shape index (κ3) is 3.07. The normalized spacial score (nSPS) is 14.2. The molecule has 1 N–H and O–H groups in total. The molecule has 4 heteroatoms. The average Bonchev–Trinajstić information content (AvgIpc) is 3.23. The van der Waals surface area contributed by atoms with E-state index >= 15 is 0 Å².